The molecule has 1 aromatic rings. The molecule has 1 N–H and O–H groups in total. The molecule has 2 unspecified atom stereocenters. The number of thioether (sulfide) groups is 1. The van der Waals surface area contributed by atoms with Crippen molar-refractivity contribution < 1.29 is 14.3 Å². The second-order valence-electron chi connectivity index (χ2n) is 7.01. The number of benzene rings is 1. The molecule has 1 aromatic carbocycles. The molecule has 4 rings (SSSR count). The molecule has 2 atom stereocenters. The fourth-order valence-electron chi connectivity index (χ4n) is 3.77. The van der Waals surface area contributed by atoms with Crippen molar-refractivity contribution in [2.75, 3.05) is 13.2 Å². The zero-order valence-corrected chi connectivity index (χ0v) is 15.9. The number of rotatable bonds is 5. The average molecular weight is 385 g/mol. The van der Waals surface area contributed by atoms with E-state index in [1.165, 1.54) is 12.8 Å². The average Bonchev–Trinajstić information content (AvgIpc) is 3.28. The Hall–Kier alpha value is -2.12. The summed E-state index contributed by atoms with van der Waals surface area (Å²) in [5.74, 6) is 0.479. The van der Waals surface area contributed by atoms with E-state index in [-0.39, 0.29) is 11.1 Å². The van der Waals surface area contributed by atoms with Gasteiger partial charge in [-0.3, -0.25) is 24.8 Å². The summed E-state index contributed by atoms with van der Waals surface area (Å²) in [5, 5.41) is 1.93. The van der Waals surface area contributed by atoms with Crippen molar-refractivity contribution in [1.29, 1.82) is 0 Å². The first-order valence-corrected chi connectivity index (χ1v) is 10.3. The summed E-state index contributed by atoms with van der Waals surface area (Å²) in [6.07, 6.45) is 9.91. The van der Waals surface area contributed by atoms with E-state index >= 15 is 0 Å². The third kappa shape index (κ3) is 4.42. The molecule has 3 aliphatic rings. The van der Waals surface area contributed by atoms with E-state index in [9.17, 15) is 9.59 Å². The smallest absolute Gasteiger partial charge is 0.290 e. The van der Waals surface area contributed by atoms with Gasteiger partial charge in [-0.25, -0.2) is 0 Å². The van der Waals surface area contributed by atoms with E-state index in [2.05, 4.69) is 21.4 Å². The summed E-state index contributed by atoms with van der Waals surface area (Å²) >= 11 is 0.927. The third-order valence-corrected chi connectivity index (χ3v) is 5.95. The molecular weight excluding hydrogens is 362 g/mol. The quantitative estimate of drug-likeness (QED) is 0.786. The minimum absolute atomic E-state index is 0.321. The Morgan fingerprint density at radius 1 is 1.22 bits per heavy atom. The van der Waals surface area contributed by atoms with Gasteiger partial charge in [-0.15, -0.1) is 0 Å². The Morgan fingerprint density at radius 2 is 2.07 bits per heavy atom. The van der Waals surface area contributed by atoms with Crippen molar-refractivity contribution in [3.63, 3.8) is 0 Å². The van der Waals surface area contributed by atoms with Crippen LogP contribution in [-0.4, -0.2) is 47.6 Å². The first-order chi connectivity index (χ1) is 13.2. The van der Waals surface area contributed by atoms with Crippen molar-refractivity contribution in [2.45, 2.75) is 44.3 Å². The molecule has 2 fully saturated rings. The maximum Gasteiger partial charge on any atom is 0.290 e. The Balaban J connectivity index is 1.34. The molecule has 3 heterocycles. The van der Waals surface area contributed by atoms with Gasteiger partial charge in [-0.05, 0) is 67.6 Å². The Morgan fingerprint density at radius 3 is 2.78 bits per heavy atom. The number of amides is 2. The lowest BCUT2D eigenvalue weighted by atomic mass is 10.1. The number of carbonyl (C=O) groups excluding carboxylic acids is 2. The maximum atomic E-state index is 11.6. The van der Waals surface area contributed by atoms with Crippen LogP contribution in [0.25, 0.3) is 6.08 Å². The highest BCUT2D eigenvalue weighted by Crippen LogP contribution is 2.27. The van der Waals surface area contributed by atoms with Crippen molar-refractivity contribution in [2.24, 2.45) is 4.99 Å². The van der Waals surface area contributed by atoms with Gasteiger partial charge in [0, 0.05) is 18.8 Å². The van der Waals surface area contributed by atoms with Crippen molar-refractivity contribution >= 4 is 35.2 Å². The van der Waals surface area contributed by atoms with E-state index in [4.69, 9.17) is 4.74 Å². The number of hydrogen-bond acceptors (Lipinski definition) is 6. The van der Waals surface area contributed by atoms with Crippen LogP contribution < -0.4 is 10.1 Å². The predicted molar refractivity (Wildman–Crippen MR) is 107 cm³/mol. The van der Waals surface area contributed by atoms with E-state index in [1.54, 1.807) is 6.08 Å². The van der Waals surface area contributed by atoms with Gasteiger partial charge in [-0.1, -0.05) is 12.1 Å². The summed E-state index contributed by atoms with van der Waals surface area (Å²) in [7, 11) is 0. The third-order valence-electron chi connectivity index (χ3n) is 5.14. The summed E-state index contributed by atoms with van der Waals surface area (Å²) in [4.78, 5) is 30.4. The van der Waals surface area contributed by atoms with Gasteiger partial charge >= 0.3 is 0 Å². The molecule has 0 spiro atoms. The van der Waals surface area contributed by atoms with Crippen LogP contribution in [0.4, 0.5) is 4.79 Å². The van der Waals surface area contributed by atoms with Gasteiger partial charge in [0.15, 0.2) is 0 Å². The molecule has 6 nitrogen and oxygen atoms in total. The van der Waals surface area contributed by atoms with Gasteiger partial charge in [0.05, 0.1) is 4.91 Å². The van der Waals surface area contributed by atoms with Crippen LogP contribution in [0.5, 0.6) is 5.75 Å². The Kier molecular flexibility index (Phi) is 5.59. The largest absolute Gasteiger partial charge is 0.492 e. The van der Waals surface area contributed by atoms with Crippen LogP contribution in [0, 0.1) is 0 Å². The van der Waals surface area contributed by atoms with Crippen LogP contribution in [0.1, 0.15) is 37.7 Å². The molecule has 2 amide bonds. The molecule has 2 saturated heterocycles. The number of nitrogens with zero attached hydrogens (tertiary/aromatic N) is 2. The zero-order valence-electron chi connectivity index (χ0n) is 15.1. The highest BCUT2D eigenvalue weighted by Gasteiger charge is 2.31. The van der Waals surface area contributed by atoms with Crippen LogP contribution in [-0.2, 0) is 4.79 Å². The fourth-order valence-corrected chi connectivity index (χ4v) is 4.45. The lowest BCUT2D eigenvalue weighted by molar-refractivity contribution is -0.115. The second-order valence-corrected chi connectivity index (χ2v) is 8.02. The SMILES string of the molecule is O=C1NC(=O)/C(=C\c2ccc(OCC3CCCN3C3CCCC=N3)cc2)S1. The Bertz CT molecular complexity index is 775. The highest BCUT2D eigenvalue weighted by atomic mass is 32.2. The monoisotopic (exact) mass is 385 g/mol. The normalized spacial score (nSPS) is 27.3. The minimum atomic E-state index is -0.336. The number of hydrogen-bond donors (Lipinski definition) is 1. The molecule has 0 aromatic heterocycles. The maximum absolute atomic E-state index is 11.6. The molecule has 0 bridgehead atoms. The van der Waals surface area contributed by atoms with Crippen LogP contribution in [0.15, 0.2) is 34.2 Å². The molecule has 0 radical (unpaired) electrons. The number of carbonyl (C=O) groups is 2. The molecule has 0 saturated carbocycles. The van der Waals surface area contributed by atoms with E-state index in [0.29, 0.717) is 23.7 Å². The van der Waals surface area contributed by atoms with Crippen molar-refractivity contribution in [3.05, 3.63) is 34.7 Å². The topological polar surface area (TPSA) is 71.0 Å². The highest BCUT2D eigenvalue weighted by molar-refractivity contribution is 8.18. The number of aliphatic imine (C=N–C) groups is 1. The number of ether oxygens (including phenoxy) is 1. The van der Waals surface area contributed by atoms with E-state index in [1.807, 2.05) is 24.3 Å². The molecule has 3 aliphatic heterocycles. The number of likely N-dealkylation sites (tertiary alicyclic amines) is 1. The lowest BCUT2D eigenvalue weighted by Gasteiger charge is -2.31. The summed E-state index contributed by atoms with van der Waals surface area (Å²) in [6, 6.07) is 8.03. The van der Waals surface area contributed by atoms with Gasteiger partial charge in [-0.2, -0.15) is 0 Å². The fraction of sp³-hybridized carbons (Fsp3) is 0.450. The number of imide groups is 1. The molecule has 142 valence electrons. The molecule has 7 heteroatoms. The standard InChI is InChI=1S/C20H23N3O3S/c24-19-17(27-20(25)22-19)12-14-6-8-16(9-7-14)26-13-15-4-3-11-23(15)18-5-1-2-10-21-18/h6-10,12,15,18H,1-5,11,13H2,(H,22,24,25)/b17-12+. The predicted octanol–water partition coefficient (Wildman–Crippen LogP) is 3.43. The Labute approximate surface area is 163 Å². The van der Waals surface area contributed by atoms with Crippen LogP contribution in [0.2, 0.25) is 0 Å². The zero-order chi connectivity index (χ0) is 18.6. The van der Waals surface area contributed by atoms with Crippen molar-refractivity contribution in [1.82, 2.24) is 10.2 Å². The first-order valence-electron chi connectivity index (χ1n) is 9.44. The first kappa shape index (κ1) is 18.3. The second kappa shape index (κ2) is 8.27. The summed E-state index contributed by atoms with van der Waals surface area (Å²) in [6.45, 7) is 1.76. The van der Waals surface area contributed by atoms with E-state index in [0.717, 1.165) is 48.9 Å². The van der Waals surface area contributed by atoms with Gasteiger partial charge in [0.25, 0.3) is 11.1 Å². The molecule has 27 heavy (non-hydrogen) atoms. The lowest BCUT2D eigenvalue weighted by Crippen LogP contribution is -2.41. The number of nitrogens with one attached hydrogen (secondary N) is 1. The molecular formula is C20H23N3O3S. The summed E-state index contributed by atoms with van der Waals surface area (Å²) in [5.41, 5.74) is 0.869. The van der Waals surface area contributed by atoms with Crippen molar-refractivity contribution in [3.8, 4) is 5.75 Å². The summed E-state index contributed by atoms with van der Waals surface area (Å²) < 4.78 is 6.02. The van der Waals surface area contributed by atoms with Gasteiger partial charge < -0.3 is 4.74 Å². The minimum Gasteiger partial charge on any atom is -0.492 e. The van der Waals surface area contributed by atoms with Gasteiger partial charge in [0.1, 0.15) is 18.5 Å². The van der Waals surface area contributed by atoms with Gasteiger partial charge in [0.2, 0.25) is 0 Å². The molecule has 0 aliphatic carbocycles. The van der Waals surface area contributed by atoms with E-state index < -0.39 is 0 Å². The van der Waals surface area contributed by atoms with Crippen LogP contribution in [0.3, 0.4) is 0 Å². The van der Waals surface area contributed by atoms with Crippen LogP contribution >= 0.6 is 11.8 Å².